The molecule has 2 aromatic carbocycles. The molecule has 0 unspecified atom stereocenters. The fraction of sp³-hybridized carbons (Fsp3) is 0.200. The van der Waals surface area contributed by atoms with E-state index in [0.717, 1.165) is 35.2 Å². The van der Waals surface area contributed by atoms with Gasteiger partial charge in [0, 0.05) is 17.0 Å². The summed E-state index contributed by atoms with van der Waals surface area (Å²) in [7, 11) is 0. The summed E-state index contributed by atoms with van der Waals surface area (Å²) in [5, 5.41) is 8.27. The Morgan fingerprint density at radius 3 is 2.62 bits per heavy atom. The summed E-state index contributed by atoms with van der Waals surface area (Å²) < 4.78 is 19.8. The summed E-state index contributed by atoms with van der Waals surface area (Å²) in [6.07, 6.45) is 3.87. The van der Waals surface area contributed by atoms with Crippen LogP contribution in [0.5, 0.6) is 5.75 Å². The second-order valence-corrected chi connectivity index (χ2v) is 6.02. The van der Waals surface area contributed by atoms with Gasteiger partial charge in [-0.15, -0.1) is 0 Å². The van der Waals surface area contributed by atoms with Gasteiger partial charge in [-0.2, -0.15) is 10.2 Å². The highest BCUT2D eigenvalue weighted by Crippen LogP contribution is 2.44. The number of ether oxygens (including phenoxy) is 1. The van der Waals surface area contributed by atoms with Gasteiger partial charge in [-0.1, -0.05) is 30.3 Å². The van der Waals surface area contributed by atoms with Crippen molar-refractivity contribution in [1.82, 2.24) is 10.2 Å². The standard InChI is InChI=1S/C20H17FN2O/c21-16-8-9-19(24-13-14-4-2-1-3-5-14)18(12-16)17-10-11-22-23-20(17)15-6-7-15/h1-5,8-12,15H,6-7,13H2. The highest BCUT2D eigenvalue weighted by molar-refractivity contribution is 5.73. The Hall–Kier alpha value is -2.75. The lowest BCUT2D eigenvalue weighted by molar-refractivity contribution is 0.307. The summed E-state index contributed by atoms with van der Waals surface area (Å²) in [6.45, 7) is 0.441. The van der Waals surface area contributed by atoms with E-state index in [2.05, 4.69) is 10.2 Å². The molecule has 120 valence electrons. The first-order valence-corrected chi connectivity index (χ1v) is 8.09. The van der Waals surface area contributed by atoms with Gasteiger partial charge in [-0.3, -0.25) is 0 Å². The number of rotatable bonds is 5. The van der Waals surface area contributed by atoms with E-state index < -0.39 is 0 Å². The molecule has 1 aromatic heterocycles. The minimum atomic E-state index is -0.282. The van der Waals surface area contributed by atoms with Crippen LogP contribution in [0.4, 0.5) is 4.39 Å². The van der Waals surface area contributed by atoms with Crippen molar-refractivity contribution in [2.45, 2.75) is 25.4 Å². The van der Waals surface area contributed by atoms with Gasteiger partial charge in [-0.05, 0) is 42.7 Å². The van der Waals surface area contributed by atoms with Crippen LogP contribution in [0.3, 0.4) is 0 Å². The van der Waals surface area contributed by atoms with Crippen LogP contribution in [0.2, 0.25) is 0 Å². The molecule has 0 spiro atoms. The molecule has 0 N–H and O–H groups in total. The summed E-state index contributed by atoms with van der Waals surface area (Å²) in [5.41, 5.74) is 3.66. The van der Waals surface area contributed by atoms with Gasteiger partial charge in [0.25, 0.3) is 0 Å². The maximum atomic E-state index is 13.9. The number of hydrogen-bond donors (Lipinski definition) is 0. The molecular weight excluding hydrogens is 303 g/mol. The van der Waals surface area contributed by atoms with Crippen molar-refractivity contribution in [3.05, 3.63) is 77.9 Å². The quantitative estimate of drug-likeness (QED) is 0.681. The molecule has 4 rings (SSSR count). The normalized spacial score (nSPS) is 13.7. The topological polar surface area (TPSA) is 35.0 Å². The zero-order valence-corrected chi connectivity index (χ0v) is 13.2. The van der Waals surface area contributed by atoms with Gasteiger partial charge in [0.1, 0.15) is 18.2 Å². The van der Waals surface area contributed by atoms with Crippen molar-refractivity contribution in [3.8, 4) is 16.9 Å². The molecule has 0 aliphatic heterocycles. The minimum absolute atomic E-state index is 0.282. The molecule has 1 heterocycles. The molecule has 4 heteroatoms. The summed E-state index contributed by atoms with van der Waals surface area (Å²) in [5.74, 6) is 0.810. The lowest BCUT2D eigenvalue weighted by Crippen LogP contribution is -2.00. The largest absolute Gasteiger partial charge is 0.488 e. The number of benzene rings is 2. The van der Waals surface area contributed by atoms with Crippen molar-refractivity contribution in [2.75, 3.05) is 0 Å². The lowest BCUT2D eigenvalue weighted by Gasteiger charge is -2.14. The van der Waals surface area contributed by atoms with Crippen molar-refractivity contribution in [3.63, 3.8) is 0 Å². The van der Waals surface area contributed by atoms with Crippen LogP contribution in [0.25, 0.3) is 11.1 Å². The Balaban J connectivity index is 1.69. The van der Waals surface area contributed by atoms with Crippen molar-refractivity contribution in [1.29, 1.82) is 0 Å². The summed E-state index contributed by atoms with van der Waals surface area (Å²) in [4.78, 5) is 0. The molecule has 0 saturated heterocycles. The number of hydrogen-bond acceptors (Lipinski definition) is 3. The zero-order valence-electron chi connectivity index (χ0n) is 13.2. The Morgan fingerprint density at radius 2 is 1.83 bits per heavy atom. The van der Waals surface area contributed by atoms with Gasteiger partial charge in [0.05, 0.1) is 11.9 Å². The van der Waals surface area contributed by atoms with Crippen LogP contribution in [-0.4, -0.2) is 10.2 Å². The van der Waals surface area contributed by atoms with E-state index in [-0.39, 0.29) is 5.82 Å². The van der Waals surface area contributed by atoms with Gasteiger partial charge in [-0.25, -0.2) is 4.39 Å². The average molecular weight is 320 g/mol. The Labute approximate surface area is 140 Å². The summed E-state index contributed by atoms with van der Waals surface area (Å²) >= 11 is 0. The number of halogens is 1. The predicted molar refractivity (Wildman–Crippen MR) is 90.2 cm³/mol. The van der Waals surface area contributed by atoms with E-state index in [0.29, 0.717) is 18.3 Å². The SMILES string of the molecule is Fc1ccc(OCc2ccccc2)c(-c2ccnnc2C2CC2)c1. The second-order valence-electron chi connectivity index (χ2n) is 6.02. The van der Waals surface area contributed by atoms with Gasteiger partial charge in [0.2, 0.25) is 0 Å². The first-order valence-electron chi connectivity index (χ1n) is 8.09. The fourth-order valence-electron chi connectivity index (χ4n) is 2.80. The second kappa shape index (κ2) is 6.40. The van der Waals surface area contributed by atoms with Crippen molar-refractivity contribution in [2.24, 2.45) is 0 Å². The van der Waals surface area contributed by atoms with Crippen LogP contribution in [-0.2, 0) is 6.61 Å². The van der Waals surface area contributed by atoms with E-state index in [1.54, 1.807) is 12.3 Å². The molecule has 24 heavy (non-hydrogen) atoms. The Morgan fingerprint density at radius 1 is 1.00 bits per heavy atom. The number of aromatic nitrogens is 2. The molecule has 1 fully saturated rings. The van der Waals surface area contributed by atoms with Crippen LogP contribution >= 0.6 is 0 Å². The molecular formula is C20H17FN2O. The smallest absolute Gasteiger partial charge is 0.127 e. The van der Waals surface area contributed by atoms with E-state index in [9.17, 15) is 4.39 Å². The first kappa shape index (κ1) is 14.8. The molecule has 3 aromatic rings. The van der Waals surface area contributed by atoms with E-state index >= 15 is 0 Å². The van der Waals surface area contributed by atoms with Gasteiger partial charge < -0.3 is 4.74 Å². The molecule has 0 radical (unpaired) electrons. The first-order chi connectivity index (χ1) is 11.8. The third-order valence-electron chi connectivity index (χ3n) is 4.18. The molecule has 1 saturated carbocycles. The van der Waals surface area contributed by atoms with Crippen LogP contribution in [0.1, 0.15) is 30.0 Å². The molecule has 0 amide bonds. The number of nitrogens with zero attached hydrogens (tertiary/aromatic N) is 2. The fourth-order valence-corrected chi connectivity index (χ4v) is 2.80. The predicted octanol–water partition coefficient (Wildman–Crippen LogP) is 4.74. The third-order valence-corrected chi connectivity index (χ3v) is 4.18. The average Bonchev–Trinajstić information content (AvgIpc) is 3.47. The molecule has 1 aliphatic rings. The highest BCUT2D eigenvalue weighted by Gasteiger charge is 2.29. The van der Waals surface area contributed by atoms with E-state index in [1.165, 1.54) is 12.1 Å². The Bertz CT molecular complexity index is 847. The van der Waals surface area contributed by atoms with Gasteiger partial charge in [0.15, 0.2) is 0 Å². The van der Waals surface area contributed by atoms with Crippen LogP contribution in [0.15, 0.2) is 60.8 Å². The molecule has 3 nitrogen and oxygen atoms in total. The molecule has 1 aliphatic carbocycles. The maximum absolute atomic E-state index is 13.9. The zero-order chi connectivity index (χ0) is 16.4. The monoisotopic (exact) mass is 320 g/mol. The summed E-state index contributed by atoms with van der Waals surface area (Å²) in [6, 6.07) is 16.5. The highest BCUT2D eigenvalue weighted by atomic mass is 19.1. The van der Waals surface area contributed by atoms with Gasteiger partial charge >= 0.3 is 0 Å². The Kier molecular flexibility index (Phi) is 3.95. The maximum Gasteiger partial charge on any atom is 0.127 e. The molecule has 0 atom stereocenters. The van der Waals surface area contributed by atoms with E-state index in [4.69, 9.17) is 4.74 Å². The third kappa shape index (κ3) is 3.13. The van der Waals surface area contributed by atoms with E-state index in [1.807, 2.05) is 36.4 Å². The lowest BCUT2D eigenvalue weighted by atomic mass is 10.0. The van der Waals surface area contributed by atoms with Crippen LogP contribution < -0.4 is 4.74 Å². The molecule has 0 bridgehead atoms. The minimum Gasteiger partial charge on any atom is -0.488 e. The van der Waals surface area contributed by atoms with Crippen LogP contribution in [0, 0.1) is 5.82 Å². The van der Waals surface area contributed by atoms with Crippen molar-refractivity contribution < 1.29 is 9.13 Å². The van der Waals surface area contributed by atoms with Crippen molar-refractivity contribution >= 4 is 0 Å².